The van der Waals surface area contributed by atoms with E-state index in [4.69, 9.17) is 4.74 Å². The van der Waals surface area contributed by atoms with E-state index < -0.39 is 0 Å². The van der Waals surface area contributed by atoms with E-state index in [-0.39, 0.29) is 11.2 Å². The van der Waals surface area contributed by atoms with Crippen LogP contribution >= 0.6 is 0 Å². The van der Waals surface area contributed by atoms with E-state index in [1.54, 1.807) is 0 Å². The third kappa shape index (κ3) is 4.79. The summed E-state index contributed by atoms with van der Waals surface area (Å²) in [7, 11) is 0. The molecule has 0 saturated carbocycles. The van der Waals surface area contributed by atoms with Crippen molar-refractivity contribution in [1.29, 1.82) is 0 Å². The molecule has 2 heterocycles. The quantitative estimate of drug-likeness (QED) is 0.187. The fourth-order valence-electron chi connectivity index (χ4n) is 7.43. The molecule has 7 aromatic carbocycles. The van der Waals surface area contributed by atoms with Gasteiger partial charge < -0.3 is 14.2 Å². The molecule has 0 N–H and O–H groups in total. The van der Waals surface area contributed by atoms with E-state index >= 15 is 0 Å². The molecule has 0 spiro atoms. The van der Waals surface area contributed by atoms with Crippen LogP contribution in [0.15, 0.2) is 164 Å². The van der Waals surface area contributed by atoms with Crippen LogP contribution in [-0.4, -0.2) is 4.57 Å². The van der Waals surface area contributed by atoms with Crippen molar-refractivity contribution in [2.75, 3.05) is 4.90 Å². The summed E-state index contributed by atoms with van der Waals surface area (Å²) in [5.41, 5.74) is 10.6. The Morgan fingerprint density at radius 3 is 1.92 bits per heavy atom. The van der Waals surface area contributed by atoms with Crippen LogP contribution in [0.2, 0.25) is 0 Å². The fourth-order valence-corrected chi connectivity index (χ4v) is 7.43. The third-order valence-corrected chi connectivity index (χ3v) is 9.91. The van der Waals surface area contributed by atoms with Crippen molar-refractivity contribution in [2.24, 2.45) is 0 Å². The minimum Gasteiger partial charge on any atom is -0.457 e. The lowest BCUT2D eigenvalue weighted by Gasteiger charge is -2.35. The third-order valence-electron chi connectivity index (χ3n) is 9.91. The van der Waals surface area contributed by atoms with Gasteiger partial charge in [-0.25, -0.2) is 4.39 Å². The number of halogens is 1. The molecule has 0 saturated heterocycles. The maximum absolute atomic E-state index is 14.1. The van der Waals surface area contributed by atoms with Crippen LogP contribution in [0.4, 0.5) is 21.5 Å². The molecular weight excluding hydrogens is 604 g/mol. The van der Waals surface area contributed by atoms with Gasteiger partial charge in [-0.05, 0) is 90.0 Å². The van der Waals surface area contributed by atoms with Gasteiger partial charge in [0.25, 0.3) is 0 Å². The standard InChI is InChI=1S/C45H33FN2O/c1-45(2)39-13-7-9-15-43(39)49-44-29-36(25-26-40(44)45)47(35-23-19-32(46)20-24-35)34-21-16-30(17-22-34)31-18-27-42-38(28-31)37-12-6-8-14-41(37)48(42)33-10-4-3-5-11-33/h3-29H,1-2H3. The van der Waals surface area contributed by atoms with Crippen molar-refractivity contribution >= 4 is 38.9 Å². The second-order valence-corrected chi connectivity index (χ2v) is 13.2. The summed E-state index contributed by atoms with van der Waals surface area (Å²) >= 11 is 0. The van der Waals surface area contributed by atoms with Gasteiger partial charge >= 0.3 is 0 Å². The predicted octanol–water partition coefficient (Wildman–Crippen LogP) is 12.5. The monoisotopic (exact) mass is 636 g/mol. The summed E-state index contributed by atoms with van der Waals surface area (Å²) in [6.45, 7) is 4.47. The number of hydrogen-bond donors (Lipinski definition) is 0. The van der Waals surface area contributed by atoms with E-state index in [2.05, 4.69) is 151 Å². The van der Waals surface area contributed by atoms with E-state index in [1.165, 1.54) is 39.5 Å². The van der Waals surface area contributed by atoms with Crippen LogP contribution in [0.5, 0.6) is 11.5 Å². The number of anilines is 3. The maximum Gasteiger partial charge on any atom is 0.133 e. The molecule has 1 aliphatic heterocycles. The van der Waals surface area contributed by atoms with Crippen LogP contribution < -0.4 is 9.64 Å². The maximum atomic E-state index is 14.1. The van der Waals surface area contributed by atoms with Gasteiger partial charge in [0, 0.05) is 56.1 Å². The van der Waals surface area contributed by atoms with Gasteiger partial charge in [-0.2, -0.15) is 0 Å². The molecule has 3 nitrogen and oxygen atoms in total. The van der Waals surface area contributed by atoms with E-state index in [9.17, 15) is 4.39 Å². The zero-order valence-electron chi connectivity index (χ0n) is 27.3. The summed E-state index contributed by atoms with van der Waals surface area (Å²) in [6, 6.07) is 55.7. The molecule has 0 fully saturated rings. The second-order valence-electron chi connectivity index (χ2n) is 13.2. The van der Waals surface area contributed by atoms with Crippen molar-refractivity contribution in [2.45, 2.75) is 19.3 Å². The second kappa shape index (κ2) is 11.2. The van der Waals surface area contributed by atoms with E-state index in [0.717, 1.165) is 50.9 Å². The number of para-hydroxylation sites is 3. The lowest BCUT2D eigenvalue weighted by atomic mass is 9.76. The topological polar surface area (TPSA) is 17.4 Å². The predicted molar refractivity (Wildman–Crippen MR) is 200 cm³/mol. The van der Waals surface area contributed by atoms with Crippen molar-refractivity contribution in [3.05, 3.63) is 181 Å². The number of aromatic nitrogens is 1. The first-order valence-electron chi connectivity index (χ1n) is 16.6. The first-order valence-corrected chi connectivity index (χ1v) is 16.6. The number of nitrogens with zero attached hydrogens (tertiary/aromatic N) is 2. The summed E-state index contributed by atoms with van der Waals surface area (Å²) in [5.74, 6) is 1.43. The average Bonchev–Trinajstić information content (AvgIpc) is 3.47. The molecule has 9 rings (SSSR count). The molecule has 4 heteroatoms. The SMILES string of the molecule is CC1(C)c2ccccc2Oc2cc(N(c3ccc(F)cc3)c3ccc(-c4ccc5c(c4)c4ccccc4n5-c4ccccc4)cc3)ccc21. The van der Waals surface area contributed by atoms with Crippen molar-refractivity contribution in [3.8, 4) is 28.3 Å². The Hall–Kier alpha value is -6.13. The molecule has 236 valence electrons. The molecule has 0 unspecified atom stereocenters. The van der Waals surface area contributed by atoms with Gasteiger partial charge in [-0.1, -0.05) is 92.7 Å². The summed E-state index contributed by atoms with van der Waals surface area (Å²) in [5, 5.41) is 2.44. The summed E-state index contributed by atoms with van der Waals surface area (Å²) < 4.78 is 22.9. The Balaban J connectivity index is 1.12. The zero-order chi connectivity index (χ0) is 33.1. The highest BCUT2D eigenvalue weighted by Crippen LogP contribution is 2.50. The number of fused-ring (bicyclic) bond motifs is 5. The molecule has 8 aromatic rings. The van der Waals surface area contributed by atoms with E-state index in [0.29, 0.717) is 0 Å². The minimum absolute atomic E-state index is 0.209. The van der Waals surface area contributed by atoms with Crippen LogP contribution in [0.1, 0.15) is 25.0 Å². The number of hydrogen-bond acceptors (Lipinski definition) is 2. The van der Waals surface area contributed by atoms with Crippen LogP contribution in [-0.2, 0) is 5.41 Å². The zero-order valence-corrected chi connectivity index (χ0v) is 27.3. The average molecular weight is 637 g/mol. The lowest BCUT2D eigenvalue weighted by molar-refractivity contribution is 0.418. The molecule has 1 aliphatic rings. The molecule has 0 bridgehead atoms. The Morgan fingerprint density at radius 1 is 0.510 bits per heavy atom. The Bertz CT molecular complexity index is 2500. The minimum atomic E-state index is -0.268. The highest BCUT2D eigenvalue weighted by molar-refractivity contribution is 6.10. The number of benzene rings is 7. The van der Waals surface area contributed by atoms with Crippen LogP contribution in [0.3, 0.4) is 0 Å². The first-order chi connectivity index (χ1) is 24.0. The van der Waals surface area contributed by atoms with Gasteiger partial charge in [-0.3, -0.25) is 0 Å². The van der Waals surface area contributed by atoms with E-state index in [1.807, 2.05) is 24.3 Å². The van der Waals surface area contributed by atoms with Crippen LogP contribution in [0.25, 0.3) is 38.6 Å². The Kier molecular flexibility index (Phi) is 6.66. The lowest BCUT2D eigenvalue weighted by Crippen LogP contribution is -2.24. The van der Waals surface area contributed by atoms with Crippen molar-refractivity contribution in [1.82, 2.24) is 4.57 Å². The molecular formula is C45H33FN2O. The smallest absolute Gasteiger partial charge is 0.133 e. The molecule has 0 radical (unpaired) electrons. The Labute approximate surface area is 285 Å². The number of rotatable bonds is 5. The molecule has 1 aromatic heterocycles. The molecule has 0 aliphatic carbocycles. The van der Waals surface area contributed by atoms with Crippen molar-refractivity contribution < 1.29 is 9.13 Å². The Morgan fingerprint density at radius 2 is 1.12 bits per heavy atom. The normalized spacial score (nSPS) is 13.1. The summed E-state index contributed by atoms with van der Waals surface area (Å²) in [4.78, 5) is 2.15. The largest absolute Gasteiger partial charge is 0.457 e. The molecule has 0 atom stereocenters. The van der Waals surface area contributed by atoms with Crippen molar-refractivity contribution in [3.63, 3.8) is 0 Å². The number of ether oxygens (including phenoxy) is 1. The van der Waals surface area contributed by atoms with Gasteiger partial charge in [0.1, 0.15) is 17.3 Å². The molecule has 0 amide bonds. The fraction of sp³-hybridized carbons (Fsp3) is 0.0667. The highest BCUT2D eigenvalue weighted by Gasteiger charge is 2.34. The highest BCUT2D eigenvalue weighted by atomic mass is 19.1. The summed E-state index contributed by atoms with van der Waals surface area (Å²) in [6.07, 6.45) is 0. The van der Waals surface area contributed by atoms with Gasteiger partial charge in [0.2, 0.25) is 0 Å². The van der Waals surface area contributed by atoms with Gasteiger partial charge in [0.05, 0.1) is 11.0 Å². The van der Waals surface area contributed by atoms with Gasteiger partial charge in [0.15, 0.2) is 0 Å². The van der Waals surface area contributed by atoms with Gasteiger partial charge in [-0.15, -0.1) is 0 Å². The molecule has 49 heavy (non-hydrogen) atoms. The first kappa shape index (κ1) is 29.0. The van der Waals surface area contributed by atoms with Crippen LogP contribution in [0, 0.1) is 5.82 Å².